The Balaban J connectivity index is 2.53. The Bertz CT molecular complexity index is 289. The van der Waals surface area contributed by atoms with Crippen LogP contribution >= 0.6 is 0 Å². The molecule has 0 radical (unpaired) electrons. The van der Waals surface area contributed by atoms with Crippen molar-refractivity contribution in [1.29, 1.82) is 0 Å². The normalized spacial score (nSPS) is 21.7. The van der Waals surface area contributed by atoms with E-state index in [0.717, 1.165) is 45.8 Å². The Hall–Kier alpha value is -0.650. The second-order valence-corrected chi connectivity index (χ2v) is 5.77. The number of amides is 1. The maximum absolute atomic E-state index is 12.2. The lowest BCUT2D eigenvalue weighted by Gasteiger charge is -2.42. The standard InChI is InChI=1S/C14H29N3O2/c1-5-12-11-17(13(18)14(3,4)15)8-7-16(12)9-10-19-6-2/h12H,5-11,15H2,1-4H3. The highest BCUT2D eigenvalue weighted by atomic mass is 16.5. The number of carbonyl (C=O) groups is 1. The molecule has 1 unspecified atom stereocenters. The van der Waals surface area contributed by atoms with E-state index in [9.17, 15) is 4.79 Å². The predicted molar refractivity (Wildman–Crippen MR) is 77.0 cm³/mol. The van der Waals surface area contributed by atoms with Crippen molar-refractivity contribution in [2.24, 2.45) is 5.73 Å². The number of piperazine rings is 1. The summed E-state index contributed by atoms with van der Waals surface area (Å²) in [4.78, 5) is 16.5. The molecule has 5 nitrogen and oxygen atoms in total. The van der Waals surface area contributed by atoms with Crippen LogP contribution in [-0.4, -0.2) is 66.7 Å². The van der Waals surface area contributed by atoms with Crippen LogP contribution < -0.4 is 5.73 Å². The van der Waals surface area contributed by atoms with E-state index >= 15 is 0 Å². The third-order valence-corrected chi connectivity index (χ3v) is 3.64. The van der Waals surface area contributed by atoms with E-state index in [1.165, 1.54) is 0 Å². The number of nitrogens with two attached hydrogens (primary N) is 1. The van der Waals surface area contributed by atoms with Crippen molar-refractivity contribution in [3.05, 3.63) is 0 Å². The first-order valence-corrected chi connectivity index (χ1v) is 7.30. The topological polar surface area (TPSA) is 58.8 Å². The predicted octanol–water partition coefficient (Wildman–Crippen LogP) is 0.683. The molecule has 0 saturated carbocycles. The van der Waals surface area contributed by atoms with Gasteiger partial charge in [-0.1, -0.05) is 6.92 Å². The summed E-state index contributed by atoms with van der Waals surface area (Å²) in [6.07, 6.45) is 1.04. The van der Waals surface area contributed by atoms with Crippen LogP contribution in [0, 0.1) is 0 Å². The van der Waals surface area contributed by atoms with Crippen LogP contribution in [0.3, 0.4) is 0 Å². The van der Waals surface area contributed by atoms with Gasteiger partial charge in [-0.3, -0.25) is 9.69 Å². The zero-order chi connectivity index (χ0) is 14.5. The molecule has 1 aliphatic rings. The number of hydrogen-bond donors (Lipinski definition) is 1. The minimum Gasteiger partial charge on any atom is -0.380 e. The molecule has 112 valence electrons. The lowest BCUT2D eigenvalue weighted by atomic mass is 10.0. The highest BCUT2D eigenvalue weighted by Gasteiger charge is 2.33. The average molecular weight is 271 g/mol. The summed E-state index contributed by atoms with van der Waals surface area (Å²) >= 11 is 0. The third-order valence-electron chi connectivity index (χ3n) is 3.64. The largest absolute Gasteiger partial charge is 0.380 e. The van der Waals surface area contributed by atoms with Crippen LogP contribution in [0.5, 0.6) is 0 Å². The van der Waals surface area contributed by atoms with Gasteiger partial charge >= 0.3 is 0 Å². The molecule has 2 N–H and O–H groups in total. The summed E-state index contributed by atoms with van der Waals surface area (Å²) in [5.74, 6) is 0.0513. The van der Waals surface area contributed by atoms with Crippen molar-refractivity contribution < 1.29 is 9.53 Å². The molecular weight excluding hydrogens is 242 g/mol. The van der Waals surface area contributed by atoms with E-state index in [4.69, 9.17) is 10.5 Å². The van der Waals surface area contributed by atoms with Gasteiger partial charge in [-0.05, 0) is 27.2 Å². The van der Waals surface area contributed by atoms with Crippen molar-refractivity contribution in [3.63, 3.8) is 0 Å². The Labute approximate surface area is 117 Å². The molecule has 0 aromatic rings. The summed E-state index contributed by atoms with van der Waals surface area (Å²) < 4.78 is 5.42. The first-order valence-electron chi connectivity index (χ1n) is 7.30. The molecule has 1 rings (SSSR count). The first-order chi connectivity index (χ1) is 8.90. The van der Waals surface area contributed by atoms with Crippen molar-refractivity contribution in [3.8, 4) is 0 Å². The molecule has 1 saturated heterocycles. The fraction of sp³-hybridized carbons (Fsp3) is 0.929. The summed E-state index contributed by atoms with van der Waals surface area (Å²) in [7, 11) is 0. The zero-order valence-electron chi connectivity index (χ0n) is 12.8. The fourth-order valence-corrected chi connectivity index (χ4v) is 2.49. The van der Waals surface area contributed by atoms with Gasteiger partial charge in [0.2, 0.25) is 5.91 Å². The third kappa shape index (κ3) is 4.75. The summed E-state index contributed by atoms with van der Waals surface area (Å²) in [6.45, 7) is 12.7. The van der Waals surface area contributed by atoms with Gasteiger partial charge in [0.25, 0.3) is 0 Å². The van der Waals surface area contributed by atoms with Crippen LogP contribution in [0.4, 0.5) is 0 Å². The number of carbonyl (C=O) groups excluding carboxylic acids is 1. The van der Waals surface area contributed by atoms with Crippen LogP contribution in [0.15, 0.2) is 0 Å². The second-order valence-electron chi connectivity index (χ2n) is 5.77. The average Bonchev–Trinajstić information content (AvgIpc) is 2.37. The van der Waals surface area contributed by atoms with Crippen LogP contribution in [-0.2, 0) is 9.53 Å². The zero-order valence-corrected chi connectivity index (χ0v) is 12.8. The molecule has 19 heavy (non-hydrogen) atoms. The summed E-state index contributed by atoms with van der Waals surface area (Å²) in [5.41, 5.74) is 5.13. The maximum Gasteiger partial charge on any atom is 0.242 e. The van der Waals surface area contributed by atoms with E-state index in [-0.39, 0.29) is 5.91 Å². The monoisotopic (exact) mass is 271 g/mol. The van der Waals surface area contributed by atoms with Crippen molar-refractivity contribution in [2.45, 2.75) is 45.7 Å². The highest BCUT2D eigenvalue weighted by Crippen LogP contribution is 2.15. The Morgan fingerprint density at radius 1 is 1.37 bits per heavy atom. The lowest BCUT2D eigenvalue weighted by Crippen LogP contribution is -2.60. The second kappa shape index (κ2) is 7.22. The number of hydrogen-bond acceptors (Lipinski definition) is 4. The van der Waals surface area contributed by atoms with Gasteiger partial charge in [0.1, 0.15) is 0 Å². The van der Waals surface area contributed by atoms with E-state index in [1.54, 1.807) is 13.8 Å². The molecule has 0 bridgehead atoms. The maximum atomic E-state index is 12.2. The van der Waals surface area contributed by atoms with Crippen molar-refractivity contribution >= 4 is 5.91 Å². The minimum absolute atomic E-state index is 0.0513. The van der Waals surface area contributed by atoms with Gasteiger partial charge in [-0.25, -0.2) is 0 Å². The number of ether oxygens (including phenoxy) is 1. The molecule has 1 atom stereocenters. The van der Waals surface area contributed by atoms with E-state index in [1.807, 2.05) is 11.8 Å². The van der Waals surface area contributed by atoms with E-state index < -0.39 is 5.54 Å². The smallest absolute Gasteiger partial charge is 0.242 e. The SMILES string of the molecule is CCOCCN1CCN(C(=O)C(C)(C)N)CC1CC. The van der Waals surface area contributed by atoms with Crippen LogP contribution in [0.2, 0.25) is 0 Å². The van der Waals surface area contributed by atoms with Gasteiger partial charge in [0.15, 0.2) is 0 Å². The van der Waals surface area contributed by atoms with Gasteiger partial charge in [0, 0.05) is 38.8 Å². The molecule has 0 aromatic carbocycles. The molecule has 1 fully saturated rings. The summed E-state index contributed by atoms with van der Waals surface area (Å²) in [5, 5.41) is 0. The van der Waals surface area contributed by atoms with Crippen LogP contribution in [0.25, 0.3) is 0 Å². The van der Waals surface area contributed by atoms with Crippen molar-refractivity contribution in [1.82, 2.24) is 9.80 Å². The van der Waals surface area contributed by atoms with Crippen molar-refractivity contribution in [2.75, 3.05) is 39.4 Å². The van der Waals surface area contributed by atoms with E-state index in [2.05, 4.69) is 11.8 Å². The van der Waals surface area contributed by atoms with Gasteiger partial charge in [-0.15, -0.1) is 0 Å². The molecule has 0 aliphatic carbocycles. The lowest BCUT2D eigenvalue weighted by molar-refractivity contribution is -0.139. The number of rotatable bonds is 6. The Kier molecular flexibility index (Phi) is 6.23. The molecular formula is C14H29N3O2. The number of nitrogens with zero attached hydrogens (tertiary/aromatic N) is 2. The molecule has 0 aromatic heterocycles. The fourth-order valence-electron chi connectivity index (χ4n) is 2.49. The molecule has 1 amide bonds. The first kappa shape index (κ1) is 16.4. The minimum atomic E-state index is -0.772. The molecule has 5 heteroatoms. The Morgan fingerprint density at radius 2 is 2.05 bits per heavy atom. The summed E-state index contributed by atoms with van der Waals surface area (Å²) in [6, 6.07) is 0.417. The quantitative estimate of drug-likeness (QED) is 0.722. The molecule has 1 heterocycles. The molecule has 0 spiro atoms. The van der Waals surface area contributed by atoms with Gasteiger partial charge in [0.05, 0.1) is 12.1 Å². The van der Waals surface area contributed by atoms with Gasteiger partial charge < -0.3 is 15.4 Å². The van der Waals surface area contributed by atoms with Crippen LogP contribution in [0.1, 0.15) is 34.1 Å². The Morgan fingerprint density at radius 3 is 2.58 bits per heavy atom. The van der Waals surface area contributed by atoms with Gasteiger partial charge in [-0.2, -0.15) is 0 Å². The highest BCUT2D eigenvalue weighted by molar-refractivity contribution is 5.85. The van der Waals surface area contributed by atoms with E-state index in [0.29, 0.717) is 6.04 Å². The molecule has 1 aliphatic heterocycles.